The maximum atomic E-state index is 12.5. The van der Waals surface area contributed by atoms with Crippen LogP contribution >= 0.6 is 27.3 Å². The van der Waals surface area contributed by atoms with Gasteiger partial charge in [0.25, 0.3) is 0 Å². The number of carbonyl (C=O) groups excluding carboxylic acids is 1. The number of rotatable bonds is 1. The number of nitrogens with one attached hydrogen (secondary N) is 2. The van der Waals surface area contributed by atoms with Gasteiger partial charge in [-0.25, -0.2) is 0 Å². The van der Waals surface area contributed by atoms with Crippen LogP contribution in [0.4, 0.5) is 0 Å². The summed E-state index contributed by atoms with van der Waals surface area (Å²) in [6.07, 6.45) is 0.836. The lowest BCUT2D eigenvalue weighted by Gasteiger charge is -2.44. The standard InChI is InChI=1S/C12H15BrN4OS/c1-16-4-3-12(8-5-7(13)6-19-8)9(16)10(18)17(2)11(14)15-12/h5-6,9H,3-4H2,1-2H3,(H2,14,15)/t9-,12?/m0/s1. The summed E-state index contributed by atoms with van der Waals surface area (Å²) in [7, 11) is 3.62. The molecule has 0 saturated carbocycles. The van der Waals surface area contributed by atoms with Crippen LogP contribution in [-0.4, -0.2) is 48.3 Å². The highest BCUT2D eigenvalue weighted by atomic mass is 79.9. The summed E-state index contributed by atoms with van der Waals surface area (Å²) in [4.78, 5) is 17.1. The van der Waals surface area contributed by atoms with E-state index in [1.165, 1.54) is 4.90 Å². The van der Waals surface area contributed by atoms with Gasteiger partial charge in [0.1, 0.15) is 11.6 Å². The first kappa shape index (κ1) is 13.1. The number of thiophene rings is 1. The van der Waals surface area contributed by atoms with Crippen LogP contribution in [-0.2, 0) is 10.3 Å². The van der Waals surface area contributed by atoms with Crippen molar-refractivity contribution in [3.63, 3.8) is 0 Å². The van der Waals surface area contributed by atoms with E-state index in [1.807, 2.05) is 12.4 Å². The Bertz CT molecular complexity index is 560. The van der Waals surface area contributed by atoms with E-state index in [2.05, 4.69) is 32.2 Å². The summed E-state index contributed by atoms with van der Waals surface area (Å²) in [5.41, 5.74) is -0.452. The molecule has 1 aromatic heterocycles. The van der Waals surface area contributed by atoms with Gasteiger partial charge in [-0.15, -0.1) is 11.3 Å². The Balaban J connectivity index is 2.11. The lowest BCUT2D eigenvalue weighted by molar-refractivity contribution is -0.134. The number of hydrogen-bond donors (Lipinski definition) is 2. The van der Waals surface area contributed by atoms with Crippen LogP contribution in [0, 0.1) is 5.41 Å². The molecule has 0 spiro atoms. The summed E-state index contributed by atoms with van der Waals surface area (Å²) in [6, 6.07) is 1.81. The molecule has 3 heterocycles. The van der Waals surface area contributed by atoms with Crippen molar-refractivity contribution in [2.45, 2.75) is 18.0 Å². The zero-order valence-electron chi connectivity index (χ0n) is 10.7. The van der Waals surface area contributed by atoms with Crippen molar-refractivity contribution < 1.29 is 4.79 Å². The molecule has 0 aliphatic carbocycles. The van der Waals surface area contributed by atoms with Gasteiger partial charge in [-0.3, -0.25) is 20.0 Å². The second kappa shape index (κ2) is 4.29. The molecule has 1 amide bonds. The number of carbonyl (C=O) groups is 1. The number of hydrogen-bond acceptors (Lipinski definition) is 4. The number of likely N-dealkylation sites (N-methyl/N-ethyl adjacent to an activating group) is 2. The van der Waals surface area contributed by atoms with E-state index in [1.54, 1.807) is 18.4 Å². The topological polar surface area (TPSA) is 59.4 Å². The lowest BCUT2D eigenvalue weighted by atomic mass is 9.86. The maximum Gasteiger partial charge on any atom is 0.249 e. The minimum Gasteiger partial charge on any atom is -0.344 e. The summed E-state index contributed by atoms with van der Waals surface area (Å²) in [5, 5.41) is 13.3. The molecule has 2 aliphatic heterocycles. The van der Waals surface area contributed by atoms with Gasteiger partial charge in [-0.2, -0.15) is 0 Å². The molecule has 2 N–H and O–H groups in total. The first-order valence-electron chi connectivity index (χ1n) is 6.05. The Labute approximate surface area is 124 Å². The second-order valence-electron chi connectivity index (χ2n) is 5.10. The van der Waals surface area contributed by atoms with Crippen LogP contribution < -0.4 is 5.32 Å². The molecule has 7 heteroatoms. The van der Waals surface area contributed by atoms with Gasteiger partial charge in [-0.1, -0.05) is 0 Å². The average molecular weight is 343 g/mol. The first-order chi connectivity index (χ1) is 8.95. The number of nitrogens with zero attached hydrogens (tertiary/aromatic N) is 2. The molecular formula is C12H15BrN4OS. The first-order valence-corrected chi connectivity index (χ1v) is 7.72. The molecule has 5 nitrogen and oxygen atoms in total. The smallest absolute Gasteiger partial charge is 0.249 e. The molecule has 0 bridgehead atoms. The summed E-state index contributed by atoms with van der Waals surface area (Å²) in [6.45, 7) is 0.847. The van der Waals surface area contributed by atoms with E-state index in [4.69, 9.17) is 5.41 Å². The van der Waals surface area contributed by atoms with Crippen molar-refractivity contribution >= 4 is 39.1 Å². The SMILES string of the molecule is CN1C(=N)NC2(c3cc(Br)cs3)CCN(C)[C@H]2C1=O. The number of amides is 1. The molecular weight excluding hydrogens is 328 g/mol. The van der Waals surface area contributed by atoms with E-state index in [9.17, 15) is 4.79 Å². The summed E-state index contributed by atoms with van der Waals surface area (Å²) in [5.74, 6) is 0.175. The normalized spacial score (nSPS) is 31.5. The van der Waals surface area contributed by atoms with Crippen molar-refractivity contribution in [2.24, 2.45) is 0 Å². The van der Waals surface area contributed by atoms with E-state index in [0.717, 1.165) is 22.3 Å². The third-order valence-electron chi connectivity index (χ3n) is 4.01. The Morgan fingerprint density at radius 3 is 2.95 bits per heavy atom. The molecule has 102 valence electrons. The van der Waals surface area contributed by atoms with Crippen LogP contribution in [0.15, 0.2) is 15.9 Å². The Hall–Kier alpha value is -0.920. The van der Waals surface area contributed by atoms with Gasteiger partial charge in [0, 0.05) is 28.3 Å². The Kier molecular flexibility index (Phi) is 2.95. The van der Waals surface area contributed by atoms with Crippen LogP contribution in [0.25, 0.3) is 0 Å². The number of halogens is 1. The van der Waals surface area contributed by atoms with Crippen LogP contribution in [0.5, 0.6) is 0 Å². The average Bonchev–Trinajstić information content (AvgIpc) is 2.92. The van der Waals surface area contributed by atoms with E-state index >= 15 is 0 Å². The molecule has 2 fully saturated rings. The van der Waals surface area contributed by atoms with Crippen molar-refractivity contribution in [2.75, 3.05) is 20.6 Å². The highest BCUT2D eigenvalue weighted by Crippen LogP contribution is 2.43. The zero-order chi connectivity index (χ0) is 13.8. The third kappa shape index (κ3) is 1.75. The molecule has 0 aromatic carbocycles. The van der Waals surface area contributed by atoms with Gasteiger partial charge in [0.05, 0.1) is 0 Å². The fourth-order valence-corrected chi connectivity index (χ4v) is 4.62. The van der Waals surface area contributed by atoms with Gasteiger partial charge >= 0.3 is 0 Å². The number of guanidine groups is 1. The fourth-order valence-electron chi connectivity index (χ4n) is 2.98. The zero-order valence-corrected chi connectivity index (χ0v) is 13.1. The molecule has 1 aromatic rings. The van der Waals surface area contributed by atoms with Crippen molar-refractivity contribution in [1.29, 1.82) is 5.41 Å². The molecule has 2 aliphatic rings. The molecule has 3 rings (SSSR count). The predicted molar refractivity (Wildman–Crippen MR) is 78.4 cm³/mol. The van der Waals surface area contributed by atoms with Crippen LogP contribution in [0.1, 0.15) is 11.3 Å². The van der Waals surface area contributed by atoms with E-state index < -0.39 is 5.54 Å². The van der Waals surface area contributed by atoms with Crippen LogP contribution in [0.2, 0.25) is 0 Å². The second-order valence-corrected chi connectivity index (χ2v) is 6.93. The van der Waals surface area contributed by atoms with Gasteiger partial charge in [-0.05, 0) is 35.5 Å². The maximum absolute atomic E-state index is 12.5. The minimum atomic E-state index is -0.452. The Morgan fingerprint density at radius 2 is 2.32 bits per heavy atom. The van der Waals surface area contributed by atoms with E-state index in [0.29, 0.717) is 0 Å². The number of fused-ring (bicyclic) bond motifs is 1. The molecule has 2 saturated heterocycles. The van der Waals surface area contributed by atoms with Gasteiger partial charge < -0.3 is 5.32 Å². The predicted octanol–water partition coefficient (Wildman–Crippen LogP) is 1.41. The van der Waals surface area contributed by atoms with Gasteiger partial charge in [0.2, 0.25) is 5.91 Å². The highest BCUT2D eigenvalue weighted by Gasteiger charge is 2.56. The molecule has 2 atom stereocenters. The minimum absolute atomic E-state index is 0.00623. The van der Waals surface area contributed by atoms with Crippen molar-refractivity contribution in [1.82, 2.24) is 15.1 Å². The summed E-state index contributed by atoms with van der Waals surface area (Å²) >= 11 is 5.10. The van der Waals surface area contributed by atoms with Crippen molar-refractivity contribution in [3.05, 3.63) is 20.8 Å². The molecule has 0 radical (unpaired) electrons. The van der Waals surface area contributed by atoms with Crippen LogP contribution in [0.3, 0.4) is 0 Å². The monoisotopic (exact) mass is 342 g/mol. The Morgan fingerprint density at radius 1 is 1.58 bits per heavy atom. The van der Waals surface area contributed by atoms with Crippen molar-refractivity contribution in [3.8, 4) is 0 Å². The quantitative estimate of drug-likeness (QED) is 0.811. The van der Waals surface area contributed by atoms with Gasteiger partial charge in [0.15, 0.2) is 5.96 Å². The highest BCUT2D eigenvalue weighted by molar-refractivity contribution is 9.10. The molecule has 1 unspecified atom stereocenters. The number of likely N-dealkylation sites (tertiary alicyclic amines) is 1. The van der Waals surface area contributed by atoms with E-state index in [-0.39, 0.29) is 17.9 Å². The summed E-state index contributed by atoms with van der Waals surface area (Å²) < 4.78 is 1.02. The fraction of sp³-hybridized carbons (Fsp3) is 0.500. The lowest BCUT2D eigenvalue weighted by Crippen LogP contribution is -2.67. The largest absolute Gasteiger partial charge is 0.344 e. The molecule has 19 heavy (non-hydrogen) atoms. The third-order valence-corrected chi connectivity index (χ3v) is 5.88.